The number of nitrogens with one attached hydrogen (secondary N) is 1. The summed E-state index contributed by atoms with van der Waals surface area (Å²) >= 11 is 5.45. The molecule has 0 bridgehead atoms. The molecule has 1 fully saturated rings. The van der Waals surface area contributed by atoms with Crippen LogP contribution in [0, 0.1) is 11.6 Å². The second-order valence-corrected chi connectivity index (χ2v) is 5.78. The van der Waals surface area contributed by atoms with Gasteiger partial charge in [-0.2, -0.15) is 0 Å². The van der Waals surface area contributed by atoms with Crippen molar-refractivity contribution in [2.24, 2.45) is 0 Å². The van der Waals surface area contributed by atoms with Gasteiger partial charge in [0.1, 0.15) is 16.1 Å². The third-order valence-electron chi connectivity index (χ3n) is 3.85. The molecule has 1 aromatic rings. The summed E-state index contributed by atoms with van der Waals surface area (Å²) in [6.07, 6.45) is 1.62. The molecule has 0 amide bonds. The van der Waals surface area contributed by atoms with Crippen molar-refractivity contribution in [1.29, 1.82) is 0 Å². The van der Waals surface area contributed by atoms with Gasteiger partial charge in [-0.1, -0.05) is 26.1 Å². The van der Waals surface area contributed by atoms with Gasteiger partial charge in [-0.25, -0.2) is 4.98 Å². The summed E-state index contributed by atoms with van der Waals surface area (Å²) in [5.41, 5.74) is 1.83. The van der Waals surface area contributed by atoms with Crippen LogP contribution in [0.25, 0.3) is 0 Å². The molecule has 1 N–H and O–H groups in total. The minimum Gasteiger partial charge on any atom is -0.381 e. The Morgan fingerprint density at radius 2 is 2.00 bits per heavy atom. The molecule has 106 valence electrons. The van der Waals surface area contributed by atoms with Gasteiger partial charge < -0.3 is 14.5 Å². The topological polar surface area (TPSA) is 47.1 Å². The first-order chi connectivity index (χ1) is 9.00. The first-order valence-electron chi connectivity index (χ1n) is 6.74. The highest BCUT2D eigenvalue weighted by atomic mass is 32.1. The monoisotopic (exact) mass is 282 g/mol. The Kier molecular flexibility index (Phi) is 4.38. The molecule has 0 aliphatic carbocycles. The SMILES string of the molecule is COC1(c2nc(=S)c(C(C)C)c(C)[nH]2)CCOCC1. The number of H-pyrrole nitrogens is 1. The predicted molar refractivity (Wildman–Crippen MR) is 77.0 cm³/mol. The van der Waals surface area contributed by atoms with E-state index >= 15 is 0 Å². The van der Waals surface area contributed by atoms with Crippen LogP contribution in [0.2, 0.25) is 0 Å². The van der Waals surface area contributed by atoms with E-state index in [-0.39, 0.29) is 5.60 Å². The van der Waals surface area contributed by atoms with Crippen LogP contribution in [0.3, 0.4) is 0 Å². The first-order valence-corrected chi connectivity index (χ1v) is 7.15. The quantitative estimate of drug-likeness (QED) is 0.865. The Hall–Kier alpha value is -0.780. The molecule has 0 spiro atoms. The second kappa shape index (κ2) is 5.69. The van der Waals surface area contributed by atoms with Crippen molar-refractivity contribution in [3.63, 3.8) is 0 Å². The van der Waals surface area contributed by atoms with E-state index in [0.717, 1.165) is 29.9 Å². The minimum atomic E-state index is -0.383. The highest BCUT2D eigenvalue weighted by molar-refractivity contribution is 7.71. The molecule has 19 heavy (non-hydrogen) atoms. The number of ether oxygens (including phenoxy) is 2. The molecule has 0 saturated carbocycles. The molecule has 1 saturated heterocycles. The molecule has 0 radical (unpaired) electrons. The average molecular weight is 282 g/mol. The highest BCUT2D eigenvalue weighted by Gasteiger charge is 2.37. The van der Waals surface area contributed by atoms with E-state index in [1.807, 2.05) is 0 Å². The number of aryl methyl sites for hydroxylation is 1. The molecular weight excluding hydrogens is 260 g/mol. The number of aromatic amines is 1. The van der Waals surface area contributed by atoms with Gasteiger partial charge in [0.2, 0.25) is 0 Å². The maximum atomic E-state index is 5.76. The first kappa shape index (κ1) is 14.6. The smallest absolute Gasteiger partial charge is 0.140 e. The normalized spacial score (nSPS) is 18.8. The Morgan fingerprint density at radius 3 is 2.47 bits per heavy atom. The van der Waals surface area contributed by atoms with Gasteiger partial charge in [-0.05, 0) is 12.8 Å². The summed E-state index contributed by atoms with van der Waals surface area (Å²) in [6, 6.07) is 0. The van der Waals surface area contributed by atoms with Crippen LogP contribution in [0.15, 0.2) is 0 Å². The second-order valence-electron chi connectivity index (χ2n) is 5.39. The summed E-state index contributed by atoms with van der Waals surface area (Å²) in [4.78, 5) is 8.00. The fraction of sp³-hybridized carbons (Fsp3) is 0.714. The summed E-state index contributed by atoms with van der Waals surface area (Å²) in [7, 11) is 1.73. The van der Waals surface area contributed by atoms with Crippen LogP contribution >= 0.6 is 12.2 Å². The summed E-state index contributed by atoms with van der Waals surface area (Å²) in [5, 5.41) is 0. The Bertz CT molecular complexity index is 505. The lowest BCUT2D eigenvalue weighted by Gasteiger charge is -2.35. The zero-order valence-electron chi connectivity index (χ0n) is 12.1. The third-order valence-corrected chi connectivity index (χ3v) is 4.16. The lowest BCUT2D eigenvalue weighted by atomic mass is 9.92. The molecule has 1 aliphatic heterocycles. The van der Waals surface area contributed by atoms with Crippen molar-refractivity contribution in [3.05, 3.63) is 21.7 Å². The van der Waals surface area contributed by atoms with E-state index in [4.69, 9.17) is 21.7 Å². The molecule has 0 atom stereocenters. The predicted octanol–water partition coefficient (Wildman–Crippen LogP) is 3.22. The fourth-order valence-electron chi connectivity index (χ4n) is 2.73. The Labute approximate surface area is 119 Å². The van der Waals surface area contributed by atoms with Crippen molar-refractivity contribution < 1.29 is 9.47 Å². The maximum absolute atomic E-state index is 5.76. The lowest BCUT2D eigenvalue weighted by Crippen LogP contribution is -2.37. The zero-order valence-corrected chi connectivity index (χ0v) is 12.9. The van der Waals surface area contributed by atoms with Crippen LogP contribution in [0.1, 0.15) is 49.7 Å². The van der Waals surface area contributed by atoms with E-state index in [9.17, 15) is 0 Å². The standard InChI is InChI=1S/C14H22N2O2S/c1-9(2)11-10(3)15-13(16-12(11)19)14(17-4)5-7-18-8-6-14/h9H,5-8H2,1-4H3,(H,15,16,19). The molecule has 1 aromatic heterocycles. The van der Waals surface area contributed by atoms with Crippen LogP contribution in [0.4, 0.5) is 0 Å². The van der Waals surface area contributed by atoms with Gasteiger partial charge in [0.25, 0.3) is 0 Å². The fourth-order valence-corrected chi connectivity index (χ4v) is 3.21. The lowest BCUT2D eigenvalue weighted by molar-refractivity contribution is -0.100. The highest BCUT2D eigenvalue weighted by Crippen LogP contribution is 2.34. The van der Waals surface area contributed by atoms with Gasteiger partial charge in [0.15, 0.2) is 0 Å². The van der Waals surface area contributed by atoms with E-state index < -0.39 is 0 Å². The van der Waals surface area contributed by atoms with Crippen molar-refractivity contribution in [2.45, 2.75) is 45.1 Å². The van der Waals surface area contributed by atoms with E-state index in [1.165, 1.54) is 0 Å². The summed E-state index contributed by atoms with van der Waals surface area (Å²) < 4.78 is 11.9. The molecular formula is C14H22N2O2S. The van der Waals surface area contributed by atoms with Crippen LogP contribution in [-0.4, -0.2) is 30.3 Å². The Morgan fingerprint density at radius 1 is 1.37 bits per heavy atom. The van der Waals surface area contributed by atoms with E-state index in [0.29, 0.717) is 23.8 Å². The molecule has 1 aliphatic rings. The van der Waals surface area contributed by atoms with Crippen LogP contribution in [-0.2, 0) is 15.1 Å². The van der Waals surface area contributed by atoms with Crippen molar-refractivity contribution in [2.75, 3.05) is 20.3 Å². The van der Waals surface area contributed by atoms with Crippen LogP contribution < -0.4 is 0 Å². The van der Waals surface area contributed by atoms with Gasteiger partial charge in [-0.3, -0.25) is 0 Å². The van der Waals surface area contributed by atoms with Crippen molar-refractivity contribution in [3.8, 4) is 0 Å². The van der Waals surface area contributed by atoms with Crippen molar-refractivity contribution in [1.82, 2.24) is 9.97 Å². The van der Waals surface area contributed by atoms with E-state index in [2.05, 4.69) is 30.7 Å². The van der Waals surface area contributed by atoms with Gasteiger partial charge in [0, 0.05) is 44.4 Å². The van der Waals surface area contributed by atoms with Gasteiger partial charge in [-0.15, -0.1) is 0 Å². The largest absolute Gasteiger partial charge is 0.381 e. The van der Waals surface area contributed by atoms with E-state index in [1.54, 1.807) is 7.11 Å². The average Bonchev–Trinajstić information content (AvgIpc) is 2.38. The summed E-state index contributed by atoms with van der Waals surface area (Å²) in [5.74, 6) is 1.21. The molecule has 2 rings (SSSR count). The number of hydrogen-bond donors (Lipinski definition) is 1. The molecule has 5 heteroatoms. The van der Waals surface area contributed by atoms with Crippen LogP contribution in [0.5, 0.6) is 0 Å². The number of methoxy groups -OCH3 is 1. The van der Waals surface area contributed by atoms with Crippen molar-refractivity contribution >= 4 is 12.2 Å². The molecule has 0 aromatic carbocycles. The molecule has 4 nitrogen and oxygen atoms in total. The number of rotatable bonds is 3. The Balaban J connectivity index is 2.48. The maximum Gasteiger partial charge on any atom is 0.140 e. The van der Waals surface area contributed by atoms with Gasteiger partial charge >= 0.3 is 0 Å². The molecule has 0 unspecified atom stereocenters. The zero-order chi connectivity index (χ0) is 14.0. The number of aromatic nitrogens is 2. The third kappa shape index (κ3) is 2.73. The summed E-state index contributed by atoms with van der Waals surface area (Å²) in [6.45, 7) is 7.71. The number of hydrogen-bond acceptors (Lipinski definition) is 4. The van der Waals surface area contributed by atoms with Gasteiger partial charge in [0.05, 0.1) is 0 Å². The molecule has 2 heterocycles. The number of nitrogens with zero attached hydrogens (tertiary/aromatic N) is 1. The minimum absolute atomic E-state index is 0.374.